The standard InChI is InChI=1S/C10H16F2N2O3.C10H14F2N2O2/c1-8(2,3)17-7(16)14-9(6(13)15)4-10(11,12)5-9;1-8(2,3)16-7(15)14-9(6-13)4-10(11,12)5-9/h4-5H2,1-3H3,(H2,13,15)(H,14,16);4-5H2,1-3H3,(H,14,15). The van der Waals surface area contributed by atoms with Crippen molar-refractivity contribution in [2.45, 2.75) is 101 Å². The predicted molar refractivity (Wildman–Crippen MR) is 107 cm³/mol. The Hall–Kier alpha value is -2.78. The van der Waals surface area contributed by atoms with Gasteiger partial charge in [-0.3, -0.25) is 4.79 Å². The van der Waals surface area contributed by atoms with Crippen LogP contribution in [0.3, 0.4) is 0 Å². The lowest BCUT2D eigenvalue weighted by atomic mass is 9.73. The second kappa shape index (κ2) is 8.87. The minimum Gasteiger partial charge on any atom is -0.444 e. The maximum atomic E-state index is 12.8. The van der Waals surface area contributed by atoms with Crippen molar-refractivity contribution in [2.24, 2.45) is 5.73 Å². The fourth-order valence-corrected chi connectivity index (χ4v) is 3.18. The Bertz CT molecular complexity index is 812. The second-order valence-corrected chi connectivity index (χ2v) is 10.3. The van der Waals surface area contributed by atoms with Crippen molar-refractivity contribution in [1.29, 1.82) is 5.26 Å². The zero-order chi connectivity index (χ0) is 26.1. The van der Waals surface area contributed by atoms with Gasteiger partial charge in [-0.2, -0.15) is 5.26 Å². The van der Waals surface area contributed by atoms with Gasteiger partial charge in [-0.1, -0.05) is 0 Å². The summed E-state index contributed by atoms with van der Waals surface area (Å²) in [4.78, 5) is 33.8. The highest BCUT2D eigenvalue weighted by Crippen LogP contribution is 2.46. The molecule has 0 unspecified atom stereocenters. The van der Waals surface area contributed by atoms with Gasteiger partial charge < -0.3 is 25.8 Å². The molecule has 0 bridgehead atoms. The van der Waals surface area contributed by atoms with Crippen molar-refractivity contribution >= 4 is 18.1 Å². The zero-order valence-corrected chi connectivity index (χ0v) is 19.4. The fourth-order valence-electron chi connectivity index (χ4n) is 3.18. The van der Waals surface area contributed by atoms with Gasteiger partial charge in [0.1, 0.15) is 22.3 Å². The van der Waals surface area contributed by atoms with Crippen molar-refractivity contribution in [3.63, 3.8) is 0 Å². The van der Waals surface area contributed by atoms with Crippen molar-refractivity contribution in [3.05, 3.63) is 0 Å². The molecule has 0 aromatic carbocycles. The predicted octanol–water partition coefficient (Wildman–Crippen LogP) is 3.37. The first-order chi connectivity index (χ1) is 14.5. The quantitative estimate of drug-likeness (QED) is 0.526. The Balaban J connectivity index is 0.000000331. The normalized spacial score (nSPS) is 21.4. The van der Waals surface area contributed by atoms with E-state index in [1.807, 2.05) is 0 Å². The number of halogens is 4. The Kier molecular flexibility index (Phi) is 7.59. The molecule has 2 aliphatic rings. The number of nitriles is 1. The molecule has 2 rings (SSSR count). The van der Waals surface area contributed by atoms with Crippen molar-refractivity contribution in [3.8, 4) is 6.07 Å². The molecule has 0 aliphatic heterocycles. The van der Waals surface area contributed by atoms with E-state index in [1.54, 1.807) is 47.6 Å². The molecule has 33 heavy (non-hydrogen) atoms. The number of rotatable bonds is 3. The maximum Gasteiger partial charge on any atom is 0.408 e. The molecular formula is C20H30F4N4O5. The van der Waals surface area contributed by atoms with Gasteiger partial charge in [0.25, 0.3) is 11.8 Å². The number of hydrogen-bond acceptors (Lipinski definition) is 6. The van der Waals surface area contributed by atoms with E-state index in [9.17, 15) is 31.9 Å². The number of ether oxygens (including phenoxy) is 2. The highest BCUT2D eigenvalue weighted by molar-refractivity contribution is 5.90. The second-order valence-electron chi connectivity index (χ2n) is 10.3. The third kappa shape index (κ3) is 8.58. The van der Waals surface area contributed by atoms with Crippen LogP contribution >= 0.6 is 0 Å². The summed E-state index contributed by atoms with van der Waals surface area (Å²) in [5.41, 5.74) is 0.370. The summed E-state index contributed by atoms with van der Waals surface area (Å²) in [6.07, 6.45) is -4.65. The lowest BCUT2D eigenvalue weighted by Crippen LogP contribution is -2.69. The lowest BCUT2D eigenvalue weighted by Gasteiger charge is -2.44. The molecule has 0 spiro atoms. The molecule has 0 saturated heterocycles. The molecular weight excluding hydrogens is 452 g/mol. The number of amides is 3. The van der Waals surface area contributed by atoms with Crippen LogP contribution in [0.4, 0.5) is 27.2 Å². The Morgan fingerprint density at radius 3 is 1.45 bits per heavy atom. The van der Waals surface area contributed by atoms with Gasteiger partial charge in [0, 0.05) is 25.7 Å². The lowest BCUT2D eigenvalue weighted by molar-refractivity contribution is -0.159. The highest BCUT2D eigenvalue weighted by atomic mass is 19.3. The molecule has 13 heteroatoms. The topological polar surface area (TPSA) is 144 Å². The Morgan fingerprint density at radius 1 is 0.818 bits per heavy atom. The van der Waals surface area contributed by atoms with E-state index in [0.717, 1.165) is 0 Å². The average Bonchev–Trinajstić information content (AvgIpc) is 2.47. The van der Waals surface area contributed by atoms with Crippen molar-refractivity contribution < 1.29 is 41.4 Å². The van der Waals surface area contributed by atoms with Crippen molar-refractivity contribution in [2.75, 3.05) is 0 Å². The summed E-state index contributed by atoms with van der Waals surface area (Å²) in [5.74, 6) is -6.82. The van der Waals surface area contributed by atoms with Crippen LogP contribution in [0, 0.1) is 11.3 Å². The SMILES string of the molecule is CC(C)(C)OC(=O)NC1(C#N)CC(F)(F)C1.CC(C)(C)OC(=O)NC1(C(N)=O)CC(F)(F)C1. The molecule has 0 heterocycles. The first kappa shape index (κ1) is 28.3. The minimum atomic E-state index is -2.97. The number of alkyl carbamates (subject to hydrolysis) is 2. The van der Waals surface area contributed by atoms with Crippen LogP contribution in [0.15, 0.2) is 0 Å². The first-order valence-corrected chi connectivity index (χ1v) is 10.0. The number of carbonyl (C=O) groups is 3. The summed E-state index contributed by atoms with van der Waals surface area (Å²) in [6, 6.07) is 1.70. The molecule has 2 aliphatic carbocycles. The Labute approximate surface area is 189 Å². The number of nitrogens with two attached hydrogens (primary N) is 1. The van der Waals surface area contributed by atoms with Crippen LogP contribution in [-0.2, 0) is 14.3 Å². The monoisotopic (exact) mass is 482 g/mol. The molecule has 0 aromatic rings. The number of primary amides is 1. The van der Waals surface area contributed by atoms with E-state index >= 15 is 0 Å². The number of carbonyl (C=O) groups excluding carboxylic acids is 3. The van der Waals surface area contributed by atoms with Crippen LogP contribution in [-0.4, -0.2) is 52.2 Å². The summed E-state index contributed by atoms with van der Waals surface area (Å²) >= 11 is 0. The number of alkyl halides is 4. The van der Waals surface area contributed by atoms with Crippen molar-refractivity contribution in [1.82, 2.24) is 10.6 Å². The van der Waals surface area contributed by atoms with Crippen LogP contribution < -0.4 is 16.4 Å². The number of nitrogens with one attached hydrogen (secondary N) is 2. The molecule has 2 saturated carbocycles. The van der Waals surface area contributed by atoms with Gasteiger partial charge >= 0.3 is 12.2 Å². The number of nitrogens with zero attached hydrogens (tertiary/aromatic N) is 1. The van der Waals surface area contributed by atoms with E-state index in [4.69, 9.17) is 20.5 Å². The van der Waals surface area contributed by atoms with E-state index < -0.39 is 77.9 Å². The smallest absolute Gasteiger partial charge is 0.408 e. The van der Waals surface area contributed by atoms with Gasteiger partial charge in [0.15, 0.2) is 0 Å². The van der Waals surface area contributed by atoms with Gasteiger partial charge in [0.2, 0.25) is 5.91 Å². The fraction of sp³-hybridized carbons (Fsp3) is 0.800. The largest absolute Gasteiger partial charge is 0.444 e. The Morgan fingerprint density at radius 2 is 1.18 bits per heavy atom. The molecule has 9 nitrogen and oxygen atoms in total. The van der Waals surface area contributed by atoms with E-state index in [0.29, 0.717) is 0 Å². The third-order valence-corrected chi connectivity index (χ3v) is 4.41. The van der Waals surface area contributed by atoms with Crippen LogP contribution in [0.1, 0.15) is 67.2 Å². The van der Waals surface area contributed by atoms with Gasteiger partial charge in [-0.15, -0.1) is 0 Å². The summed E-state index contributed by atoms with van der Waals surface area (Å²) in [5, 5.41) is 13.1. The first-order valence-electron chi connectivity index (χ1n) is 10.0. The molecule has 3 amide bonds. The molecule has 188 valence electrons. The van der Waals surface area contributed by atoms with Gasteiger partial charge in [-0.05, 0) is 41.5 Å². The van der Waals surface area contributed by atoms with Crippen LogP contribution in [0.25, 0.3) is 0 Å². The van der Waals surface area contributed by atoms with E-state index in [2.05, 4.69) is 10.6 Å². The van der Waals surface area contributed by atoms with Gasteiger partial charge in [0.05, 0.1) is 6.07 Å². The summed E-state index contributed by atoms with van der Waals surface area (Å²) in [6.45, 7) is 9.83. The average molecular weight is 482 g/mol. The zero-order valence-electron chi connectivity index (χ0n) is 19.4. The van der Waals surface area contributed by atoms with Crippen LogP contribution in [0.5, 0.6) is 0 Å². The molecule has 0 radical (unpaired) electrons. The summed E-state index contributed by atoms with van der Waals surface area (Å²) in [7, 11) is 0. The number of hydrogen-bond donors (Lipinski definition) is 3. The van der Waals surface area contributed by atoms with E-state index in [1.165, 1.54) is 0 Å². The summed E-state index contributed by atoms with van der Waals surface area (Å²) < 4.78 is 60.7. The molecule has 0 atom stereocenters. The molecule has 4 N–H and O–H groups in total. The van der Waals surface area contributed by atoms with E-state index in [-0.39, 0.29) is 0 Å². The molecule has 2 fully saturated rings. The minimum absolute atomic E-state index is 0.657. The highest BCUT2D eigenvalue weighted by Gasteiger charge is 2.61. The third-order valence-electron chi connectivity index (χ3n) is 4.41. The molecule has 0 aromatic heterocycles. The maximum absolute atomic E-state index is 12.8. The van der Waals surface area contributed by atoms with Crippen LogP contribution in [0.2, 0.25) is 0 Å². The van der Waals surface area contributed by atoms with Gasteiger partial charge in [-0.25, -0.2) is 27.2 Å².